The Morgan fingerprint density at radius 3 is 2.40 bits per heavy atom. The Balaban J connectivity index is 2.34. The molecule has 1 saturated heterocycles. The molecule has 1 fully saturated rings. The third-order valence-corrected chi connectivity index (χ3v) is 4.17. The van der Waals surface area contributed by atoms with Crippen molar-refractivity contribution in [2.24, 2.45) is 5.92 Å². The molecule has 0 saturated carbocycles. The summed E-state index contributed by atoms with van der Waals surface area (Å²) >= 11 is 11.8. The molecule has 1 aromatic rings. The van der Waals surface area contributed by atoms with Crippen LogP contribution < -0.4 is 5.73 Å². The number of carbonyl (C=O) groups is 2. The molecule has 0 spiro atoms. The Kier molecular flexibility index (Phi) is 4.11. The summed E-state index contributed by atoms with van der Waals surface area (Å²) in [5, 5.41) is 9.60. The fourth-order valence-electron chi connectivity index (χ4n) is 2.43. The summed E-state index contributed by atoms with van der Waals surface area (Å²) in [4.78, 5) is 25.0. The van der Waals surface area contributed by atoms with Gasteiger partial charge in [-0.15, -0.1) is 0 Å². The van der Waals surface area contributed by atoms with E-state index in [1.165, 1.54) is 17.0 Å². The predicted molar refractivity (Wildman–Crippen MR) is 77.1 cm³/mol. The molecule has 2 rings (SSSR count). The Bertz CT molecular complexity index is 554. The lowest BCUT2D eigenvalue weighted by Crippen LogP contribution is -2.42. The lowest BCUT2D eigenvalue weighted by atomic mass is 10.0. The molecule has 0 radical (unpaired) electrons. The van der Waals surface area contributed by atoms with Gasteiger partial charge in [0.05, 0.1) is 15.7 Å². The van der Waals surface area contributed by atoms with Crippen molar-refractivity contribution in [3.63, 3.8) is 0 Å². The zero-order chi connectivity index (χ0) is 15.0. The molecular weight excluding hydrogens is 303 g/mol. The molecule has 1 aliphatic rings. The van der Waals surface area contributed by atoms with Crippen LogP contribution in [-0.4, -0.2) is 34.5 Å². The molecular formula is C13H14Cl2N2O3. The van der Waals surface area contributed by atoms with Crippen molar-refractivity contribution < 1.29 is 14.7 Å². The van der Waals surface area contributed by atoms with Gasteiger partial charge in [-0.05, 0) is 24.5 Å². The number of carbonyl (C=O) groups excluding carboxylic acids is 1. The minimum atomic E-state index is -1.00. The molecule has 0 aliphatic carbocycles. The molecule has 0 aromatic heterocycles. The first-order valence-electron chi connectivity index (χ1n) is 6.11. The van der Waals surface area contributed by atoms with Crippen LogP contribution in [0.25, 0.3) is 0 Å². The smallest absolute Gasteiger partial charge is 0.326 e. The summed E-state index contributed by atoms with van der Waals surface area (Å²) in [6, 6.07) is 2.00. The third-order valence-electron chi connectivity index (χ3n) is 3.54. The molecule has 20 heavy (non-hydrogen) atoms. The molecule has 0 bridgehead atoms. The zero-order valence-electron chi connectivity index (χ0n) is 10.8. The van der Waals surface area contributed by atoms with E-state index >= 15 is 0 Å². The van der Waals surface area contributed by atoms with Crippen LogP contribution in [0.4, 0.5) is 5.69 Å². The van der Waals surface area contributed by atoms with E-state index in [1.807, 2.05) is 6.92 Å². The number of carboxylic acid groups (broad SMARTS) is 1. The maximum atomic E-state index is 12.4. The number of nitrogen functional groups attached to an aromatic ring is 1. The van der Waals surface area contributed by atoms with E-state index in [1.54, 1.807) is 0 Å². The van der Waals surface area contributed by atoms with E-state index in [9.17, 15) is 14.7 Å². The standard InChI is InChI=1S/C13H14Cl2N2O3/c1-6-2-3-17(11(6)13(19)20)12(18)7-4-8(14)10(16)9(15)5-7/h4-6,11H,2-3,16H2,1H3,(H,19,20). The number of rotatable bonds is 2. The van der Waals surface area contributed by atoms with Crippen LogP contribution >= 0.6 is 23.2 Å². The number of hydrogen-bond donors (Lipinski definition) is 2. The summed E-state index contributed by atoms with van der Waals surface area (Å²) in [6.45, 7) is 2.21. The first kappa shape index (κ1) is 14.9. The van der Waals surface area contributed by atoms with Gasteiger partial charge in [0.2, 0.25) is 0 Å². The van der Waals surface area contributed by atoms with Crippen molar-refractivity contribution in [2.45, 2.75) is 19.4 Å². The van der Waals surface area contributed by atoms with E-state index < -0.39 is 17.9 Å². The second kappa shape index (κ2) is 5.50. The van der Waals surface area contributed by atoms with E-state index in [2.05, 4.69) is 0 Å². The van der Waals surface area contributed by atoms with Gasteiger partial charge in [0.15, 0.2) is 0 Å². The highest BCUT2D eigenvalue weighted by Gasteiger charge is 2.39. The number of carboxylic acids is 1. The van der Waals surface area contributed by atoms with Gasteiger partial charge in [0, 0.05) is 12.1 Å². The fourth-order valence-corrected chi connectivity index (χ4v) is 2.91. The summed E-state index contributed by atoms with van der Waals surface area (Å²) in [7, 11) is 0. The number of aliphatic carboxylic acids is 1. The minimum absolute atomic E-state index is 0.0869. The summed E-state index contributed by atoms with van der Waals surface area (Å²) in [6.07, 6.45) is 0.652. The average molecular weight is 317 g/mol. The first-order chi connectivity index (χ1) is 9.32. The molecule has 3 N–H and O–H groups in total. The quantitative estimate of drug-likeness (QED) is 0.821. The average Bonchev–Trinajstić information content (AvgIpc) is 2.76. The molecule has 2 atom stereocenters. The summed E-state index contributed by atoms with van der Waals surface area (Å²) in [5.74, 6) is -1.49. The number of anilines is 1. The van der Waals surface area contributed by atoms with Crippen molar-refractivity contribution >= 4 is 40.8 Å². The lowest BCUT2D eigenvalue weighted by molar-refractivity contribution is -0.142. The van der Waals surface area contributed by atoms with Crippen molar-refractivity contribution in [2.75, 3.05) is 12.3 Å². The fraction of sp³-hybridized carbons (Fsp3) is 0.385. The first-order valence-corrected chi connectivity index (χ1v) is 6.86. The zero-order valence-corrected chi connectivity index (χ0v) is 12.3. The molecule has 1 aromatic carbocycles. The number of likely N-dealkylation sites (tertiary alicyclic amines) is 1. The second-order valence-corrected chi connectivity index (χ2v) is 5.72. The van der Waals surface area contributed by atoms with E-state index in [0.717, 1.165) is 0 Å². The number of nitrogens with two attached hydrogens (primary N) is 1. The van der Waals surface area contributed by atoms with Gasteiger partial charge in [0.1, 0.15) is 6.04 Å². The number of hydrogen-bond acceptors (Lipinski definition) is 3. The van der Waals surface area contributed by atoms with Crippen LogP contribution in [0, 0.1) is 5.92 Å². The molecule has 2 unspecified atom stereocenters. The lowest BCUT2D eigenvalue weighted by Gasteiger charge is -2.23. The minimum Gasteiger partial charge on any atom is -0.480 e. The highest BCUT2D eigenvalue weighted by atomic mass is 35.5. The van der Waals surface area contributed by atoms with Crippen molar-refractivity contribution in [1.29, 1.82) is 0 Å². The predicted octanol–water partition coefficient (Wildman–Crippen LogP) is 2.51. The van der Waals surface area contributed by atoms with Crippen LogP contribution in [0.15, 0.2) is 12.1 Å². The maximum Gasteiger partial charge on any atom is 0.326 e. The monoisotopic (exact) mass is 316 g/mol. The van der Waals surface area contributed by atoms with Crippen molar-refractivity contribution in [3.05, 3.63) is 27.7 Å². The Morgan fingerprint density at radius 2 is 1.90 bits per heavy atom. The van der Waals surface area contributed by atoms with Crippen LogP contribution in [-0.2, 0) is 4.79 Å². The van der Waals surface area contributed by atoms with Gasteiger partial charge in [-0.2, -0.15) is 0 Å². The molecule has 1 amide bonds. The Morgan fingerprint density at radius 1 is 1.35 bits per heavy atom. The molecule has 7 heteroatoms. The highest BCUT2D eigenvalue weighted by molar-refractivity contribution is 6.39. The molecule has 1 aliphatic heterocycles. The Hall–Kier alpha value is -1.46. The molecule has 5 nitrogen and oxygen atoms in total. The van der Waals surface area contributed by atoms with Gasteiger partial charge >= 0.3 is 5.97 Å². The number of halogens is 2. The second-order valence-electron chi connectivity index (χ2n) is 4.90. The van der Waals surface area contributed by atoms with Gasteiger partial charge in [-0.3, -0.25) is 4.79 Å². The van der Waals surface area contributed by atoms with Crippen LogP contribution in [0.5, 0.6) is 0 Å². The van der Waals surface area contributed by atoms with E-state index in [0.29, 0.717) is 13.0 Å². The molecule has 1 heterocycles. The van der Waals surface area contributed by atoms with E-state index in [4.69, 9.17) is 28.9 Å². The van der Waals surface area contributed by atoms with Crippen molar-refractivity contribution in [3.8, 4) is 0 Å². The molecule has 108 valence electrons. The van der Waals surface area contributed by atoms with Crippen LogP contribution in [0.2, 0.25) is 10.0 Å². The van der Waals surface area contributed by atoms with Gasteiger partial charge < -0.3 is 15.7 Å². The summed E-state index contributed by atoms with van der Waals surface area (Å²) < 4.78 is 0. The topological polar surface area (TPSA) is 83.6 Å². The Labute approximate surface area is 126 Å². The summed E-state index contributed by atoms with van der Waals surface area (Å²) in [5.41, 5.74) is 6.07. The third kappa shape index (κ3) is 2.55. The highest BCUT2D eigenvalue weighted by Crippen LogP contribution is 2.31. The van der Waals surface area contributed by atoms with E-state index in [-0.39, 0.29) is 27.2 Å². The SMILES string of the molecule is CC1CCN(C(=O)c2cc(Cl)c(N)c(Cl)c2)C1C(=O)O. The number of nitrogens with zero attached hydrogens (tertiary/aromatic N) is 1. The normalized spacial score (nSPS) is 22.1. The van der Waals surface area contributed by atoms with Gasteiger partial charge in [0.25, 0.3) is 5.91 Å². The van der Waals surface area contributed by atoms with Gasteiger partial charge in [-0.1, -0.05) is 30.1 Å². The van der Waals surface area contributed by atoms with Crippen molar-refractivity contribution in [1.82, 2.24) is 4.90 Å². The van der Waals surface area contributed by atoms with Crippen LogP contribution in [0.3, 0.4) is 0 Å². The number of benzene rings is 1. The maximum absolute atomic E-state index is 12.4. The number of amides is 1. The van der Waals surface area contributed by atoms with Gasteiger partial charge in [-0.25, -0.2) is 4.79 Å². The largest absolute Gasteiger partial charge is 0.480 e. The van der Waals surface area contributed by atoms with Crippen LogP contribution in [0.1, 0.15) is 23.7 Å².